The number of hydrogen-bond acceptors (Lipinski definition) is 3. The Labute approximate surface area is 109 Å². The minimum atomic E-state index is 0.406. The van der Waals surface area contributed by atoms with E-state index >= 15 is 0 Å². The molecule has 2 unspecified atom stereocenters. The summed E-state index contributed by atoms with van der Waals surface area (Å²) in [5.74, 6) is 1.03. The summed E-state index contributed by atoms with van der Waals surface area (Å²) in [5, 5.41) is 13.4. The van der Waals surface area contributed by atoms with Gasteiger partial charge in [0.1, 0.15) is 5.75 Å². The molecule has 0 spiro atoms. The van der Waals surface area contributed by atoms with E-state index < -0.39 is 0 Å². The van der Waals surface area contributed by atoms with Crippen LogP contribution >= 0.6 is 0 Å². The second-order valence-electron chi connectivity index (χ2n) is 5.08. The number of aryl methyl sites for hydroxylation is 1. The maximum Gasteiger partial charge on any atom is 0.122 e. The molecule has 1 saturated heterocycles. The lowest BCUT2D eigenvalue weighted by Crippen LogP contribution is -2.28. The van der Waals surface area contributed by atoms with E-state index in [1.54, 1.807) is 0 Å². The van der Waals surface area contributed by atoms with Crippen LogP contribution in [0.15, 0.2) is 18.2 Å². The van der Waals surface area contributed by atoms with Gasteiger partial charge < -0.3 is 15.2 Å². The van der Waals surface area contributed by atoms with Crippen molar-refractivity contribution in [3.63, 3.8) is 0 Å². The van der Waals surface area contributed by atoms with E-state index in [2.05, 4.69) is 12.2 Å². The quantitative estimate of drug-likeness (QED) is 0.843. The second kappa shape index (κ2) is 6.21. The normalized spacial score (nSPS) is 23.4. The monoisotopic (exact) mass is 249 g/mol. The third-order valence-electron chi connectivity index (χ3n) is 3.79. The predicted octanol–water partition coefficient (Wildman–Crippen LogP) is 2.61. The van der Waals surface area contributed by atoms with Gasteiger partial charge in [-0.25, -0.2) is 0 Å². The van der Waals surface area contributed by atoms with Crippen LogP contribution in [0.4, 0.5) is 0 Å². The Kier molecular flexibility index (Phi) is 4.61. The van der Waals surface area contributed by atoms with Crippen LogP contribution < -0.4 is 5.32 Å². The third kappa shape index (κ3) is 3.03. The molecule has 0 aliphatic carbocycles. The van der Waals surface area contributed by atoms with Crippen LogP contribution in [0.3, 0.4) is 0 Å². The van der Waals surface area contributed by atoms with Crippen molar-refractivity contribution in [2.75, 3.05) is 13.2 Å². The number of aromatic hydroxyl groups is 1. The van der Waals surface area contributed by atoms with Gasteiger partial charge in [0.2, 0.25) is 0 Å². The number of para-hydroxylation sites is 1. The molecule has 0 aromatic heterocycles. The van der Waals surface area contributed by atoms with E-state index in [-0.39, 0.29) is 0 Å². The summed E-state index contributed by atoms with van der Waals surface area (Å²) in [7, 11) is 0. The number of rotatable bonds is 5. The molecule has 0 saturated carbocycles. The van der Waals surface area contributed by atoms with Crippen molar-refractivity contribution in [3.05, 3.63) is 29.3 Å². The SMILES string of the molecule is CCC1OCCC1CNCc1cccc(C)c1O. The Morgan fingerprint density at radius 1 is 1.44 bits per heavy atom. The summed E-state index contributed by atoms with van der Waals surface area (Å²) >= 11 is 0. The molecule has 18 heavy (non-hydrogen) atoms. The van der Waals surface area contributed by atoms with Gasteiger partial charge in [-0.2, -0.15) is 0 Å². The first-order valence-corrected chi connectivity index (χ1v) is 6.82. The van der Waals surface area contributed by atoms with Gasteiger partial charge in [-0.3, -0.25) is 0 Å². The van der Waals surface area contributed by atoms with Gasteiger partial charge in [0.15, 0.2) is 0 Å². The number of hydrogen-bond donors (Lipinski definition) is 2. The molecule has 3 heteroatoms. The fraction of sp³-hybridized carbons (Fsp3) is 0.600. The Morgan fingerprint density at radius 3 is 3.06 bits per heavy atom. The van der Waals surface area contributed by atoms with Crippen molar-refractivity contribution >= 4 is 0 Å². The highest BCUT2D eigenvalue weighted by atomic mass is 16.5. The van der Waals surface area contributed by atoms with Crippen LogP contribution in [0.1, 0.15) is 30.9 Å². The predicted molar refractivity (Wildman–Crippen MR) is 72.7 cm³/mol. The van der Waals surface area contributed by atoms with Gasteiger partial charge in [-0.1, -0.05) is 25.1 Å². The molecule has 2 atom stereocenters. The molecule has 1 aliphatic heterocycles. The van der Waals surface area contributed by atoms with Gasteiger partial charge in [0.25, 0.3) is 0 Å². The number of benzene rings is 1. The first kappa shape index (κ1) is 13.4. The van der Waals surface area contributed by atoms with Crippen LogP contribution in [0.2, 0.25) is 0 Å². The van der Waals surface area contributed by atoms with E-state index in [1.165, 1.54) is 0 Å². The van der Waals surface area contributed by atoms with Gasteiger partial charge >= 0.3 is 0 Å². The summed E-state index contributed by atoms with van der Waals surface area (Å²) < 4.78 is 5.67. The van der Waals surface area contributed by atoms with E-state index in [0.717, 1.165) is 43.7 Å². The van der Waals surface area contributed by atoms with Crippen molar-refractivity contribution in [2.45, 2.75) is 39.3 Å². The van der Waals surface area contributed by atoms with Crippen molar-refractivity contribution in [3.8, 4) is 5.75 Å². The van der Waals surface area contributed by atoms with E-state index in [1.807, 2.05) is 25.1 Å². The Balaban J connectivity index is 1.83. The smallest absolute Gasteiger partial charge is 0.122 e. The van der Waals surface area contributed by atoms with E-state index in [9.17, 15) is 5.11 Å². The molecule has 0 amide bonds. The first-order chi connectivity index (χ1) is 8.72. The Morgan fingerprint density at radius 2 is 2.28 bits per heavy atom. The summed E-state index contributed by atoms with van der Waals surface area (Å²) in [5.41, 5.74) is 1.91. The molecule has 100 valence electrons. The average Bonchev–Trinajstić information content (AvgIpc) is 2.82. The highest BCUT2D eigenvalue weighted by Gasteiger charge is 2.25. The number of nitrogens with one attached hydrogen (secondary N) is 1. The maximum atomic E-state index is 9.92. The summed E-state index contributed by atoms with van der Waals surface area (Å²) in [6, 6.07) is 5.88. The molecule has 0 bridgehead atoms. The van der Waals surface area contributed by atoms with Crippen molar-refractivity contribution in [1.82, 2.24) is 5.32 Å². The molecule has 2 rings (SSSR count). The minimum Gasteiger partial charge on any atom is -0.507 e. The standard InChI is InChI=1S/C15H23NO2/c1-3-14-12(7-8-18-14)9-16-10-13-6-4-5-11(2)15(13)17/h4-6,12,14,16-17H,3,7-10H2,1-2H3. The van der Waals surface area contributed by atoms with E-state index in [4.69, 9.17) is 4.74 Å². The molecule has 1 aromatic carbocycles. The number of phenols is 1. The van der Waals surface area contributed by atoms with Crippen molar-refractivity contribution < 1.29 is 9.84 Å². The lowest BCUT2D eigenvalue weighted by Gasteiger charge is -2.17. The maximum absolute atomic E-state index is 9.92. The molecule has 1 fully saturated rings. The summed E-state index contributed by atoms with van der Waals surface area (Å²) in [6.45, 7) is 6.68. The lowest BCUT2D eigenvalue weighted by atomic mass is 9.99. The Hall–Kier alpha value is -1.06. The van der Waals surface area contributed by atoms with Crippen LogP contribution in [0.25, 0.3) is 0 Å². The summed E-state index contributed by atoms with van der Waals surface area (Å²) in [6.07, 6.45) is 2.64. The summed E-state index contributed by atoms with van der Waals surface area (Å²) in [4.78, 5) is 0. The fourth-order valence-electron chi connectivity index (χ4n) is 2.63. The van der Waals surface area contributed by atoms with Crippen LogP contribution in [0.5, 0.6) is 5.75 Å². The zero-order valence-corrected chi connectivity index (χ0v) is 11.3. The topological polar surface area (TPSA) is 41.5 Å². The van der Waals surface area contributed by atoms with Gasteiger partial charge in [0, 0.05) is 25.3 Å². The third-order valence-corrected chi connectivity index (χ3v) is 3.79. The first-order valence-electron chi connectivity index (χ1n) is 6.82. The minimum absolute atomic E-state index is 0.406. The second-order valence-corrected chi connectivity index (χ2v) is 5.08. The number of ether oxygens (including phenoxy) is 1. The highest BCUT2D eigenvalue weighted by Crippen LogP contribution is 2.24. The molecular formula is C15H23NO2. The average molecular weight is 249 g/mol. The highest BCUT2D eigenvalue weighted by molar-refractivity contribution is 5.39. The Bertz CT molecular complexity index is 392. The molecule has 0 radical (unpaired) electrons. The van der Waals surface area contributed by atoms with Crippen LogP contribution in [-0.2, 0) is 11.3 Å². The molecule has 3 nitrogen and oxygen atoms in total. The van der Waals surface area contributed by atoms with Crippen LogP contribution in [-0.4, -0.2) is 24.4 Å². The van der Waals surface area contributed by atoms with Crippen LogP contribution in [0, 0.1) is 12.8 Å². The largest absolute Gasteiger partial charge is 0.507 e. The molecule has 1 aromatic rings. The molecule has 1 aliphatic rings. The van der Waals surface area contributed by atoms with Gasteiger partial charge in [0.05, 0.1) is 6.10 Å². The van der Waals surface area contributed by atoms with E-state index in [0.29, 0.717) is 17.8 Å². The molecule has 2 N–H and O–H groups in total. The van der Waals surface area contributed by atoms with Crippen molar-refractivity contribution in [1.29, 1.82) is 0 Å². The van der Waals surface area contributed by atoms with Gasteiger partial charge in [-0.05, 0) is 31.2 Å². The molecular weight excluding hydrogens is 226 g/mol. The van der Waals surface area contributed by atoms with Gasteiger partial charge in [-0.15, -0.1) is 0 Å². The molecule has 1 heterocycles. The zero-order valence-electron chi connectivity index (χ0n) is 11.3. The lowest BCUT2D eigenvalue weighted by molar-refractivity contribution is 0.0872. The van der Waals surface area contributed by atoms with Crippen molar-refractivity contribution in [2.24, 2.45) is 5.92 Å². The number of phenolic OH excluding ortho intramolecular Hbond substituents is 1. The zero-order chi connectivity index (χ0) is 13.0. The fourth-order valence-corrected chi connectivity index (χ4v) is 2.63.